The standard InChI is InChI=1S/C15H16N2O3/c18-13(9-15(14(19)20)5-1-6-15)17-11-2-3-12-10(8-11)4-7-16-12/h2-4,7-8,16H,1,5-6,9H2,(H,17,18)(H,19,20). The van der Waals surface area contributed by atoms with Crippen LogP contribution in [0.4, 0.5) is 5.69 Å². The third-order valence-corrected chi connectivity index (χ3v) is 4.10. The molecule has 0 bridgehead atoms. The van der Waals surface area contributed by atoms with Crippen LogP contribution in [-0.2, 0) is 9.59 Å². The first kappa shape index (κ1) is 12.7. The maximum absolute atomic E-state index is 12.0. The van der Waals surface area contributed by atoms with Gasteiger partial charge in [-0.25, -0.2) is 0 Å². The highest BCUT2D eigenvalue weighted by molar-refractivity contribution is 5.96. The quantitative estimate of drug-likeness (QED) is 0.800. The molecule has 3 rings (SSSR count). The Labute approximate surface area is 116 Å². The number of hydrogen-bond donors (Lipinski definition) is 3. The zero-order valence-corrected chi connectivity index (χ0v) is 11.0. The van der Waals surface area contributed by atoms with E-state index in [0.717, 1.165) is 17.3 Å². The Kier molecular flexibility index (Phi) is 2.97. The minimum absolute atomic E-state index is 0.0491. The summed E-state index contributed by atoms with van der Waals surface area (Å²) in [6, 6.07) is 7.50. The summed E-state index contributed by atoms with van der Waals surface area (Å²) in [5.74, 6) is -1.10. The maximum Gasteiger partial charge on any atom is 0.310 e. The lowest BCUT2D eigenvalue weighted by atomic mass is 9.66. The highest BCUT2D eigenvalue weighted by atomic mass is 16.4. The molecule has 1 aromatic heterocycles. The van der Waals surface area contributed by atoms with Crippen LogP contribution in [0.3, 0.4) is 0 Å². The molecule has 1 aliphatic rings. The fourth-order valence-corrected chi connectivity index (χ4v) is 2.71. The second-order valence-electron chi connectivity index (χ2n) is 5.44. The van der Waals surface area contributed by atoms with Crippen molar-refractivity contribution in [1.29, 1.82) is 0 Å². The Morgan fingerprint density at radius 2 is 2.10 bits per heavy atom. The summed E-state index contributed by atoms with van der Waals surface area (Å²) < 4.78 is 0. The fourth-order valence-electron chi connectivity index (χ4n) is 2.71. The first-order valence-electron chi connectivity index (χ1n) is 6.69. The van der Waals surface area contributed by atoms with Gasteiger partial charge < -0.3 is 15.4 Å². The van der Waals surface area contributed by atoms with Crippen LogP contribution < -0.4 is 5.32 Å². The van der Waals surface area contributed by atoms with Crippen LogP contribution in [0.15, 0.2) is 30.5 Å². The van der Waals surface area contributed by atoms with Crippen molar-refractivity contribution in [3.8, 4) is 0 Å². The van der Waals surface area contributed by atoms with Gasteiger partial charge in [-0.3, -0.25) is 9.59 Å². The Balaban J connectivity index is 1.70. The highest BCUT2D eigenvalue weighted by Crippen LogP contribution is 2.44. The fraction of sp³-hybridized carbons (Fsp3) is 0.333. The second kappa shape index (κ2) is 4.67. The molecule has 0 spiro atoms. The van der Waals surface area contributed by atoms with Crippen molar-refractivity contribution in [2.75, 3.05) is 5.32 Å². The zero-order chi connectivity index (χ0) is 14.2. The first-order valence-corrected chi connectivity index (χ1v) is 6.69. The summed E-state index contributed by atoms with van der Waals surface area (Å²) in [5, 5.41) is 13.0. The van der Waals surface area contributed by atoms with E-state index >= 15 is 0 Å². The number of aromatic nitrogens is 1. The molecule has 1 amide bonds. The van der Waals surface area contributed by atoms with Crippen LogP contribution >= 0.6 is 0 Å². The number of aromatic amines is 1. The Hall–Kier alpha value is -2.30. The monoisotopic (exact) mass is 272 g/mol. The van der Waals surface area contributed by atoms with Crippen molar-refractivity contribution in [3.63, 3.8) is 0 Å². The third-order valence-electron chi connectivity index (χ3n) is 4.10. The number of aliphatic carboxylic acids is 1. The van der Waals surface area contributed by atoms with Gasteiger partial charge in [0.15, 0.2) is 0 Å². The summed E-state index contributed by atoms with van der Waals surface area (Å²) in [6.07, 6.45) is 3.95. The van der Waals surface area contributed by atoms with E-state index in [2.05, 4.69) is 10.3 Å². The number of nitrogens with one attached hydrogen (secondary N) is 2. The smallest absolute Gasteiger partial charge is 0.310 e. The van der Waals surface area contributed by atoms with Gasteiger partial charge in [0.1, 0.15) is 0 Å². The number of carbonyl (C=O) groups is 2. The van der Waals surface area contributed by atoms with Gasteiger partial charge in [0.2, 0.25) is 5.91 Å². The molecule has 20 heavy (non-hydrogen) atoms. The number of H-pyrrole nitrogens is 1. The number of amides is 1. The molecule has 0 aliphatic heterocycles. The third kappa shape index (κ3) is 2.15. The van der Waals surface area contributed by atoms with E-state index in [9.17, 15) is 14.7 Å². The summed E-state index contributed by atoms with van der Waals surface area (Å²) in [6.45, 7) is 0. The number of carboxylic acid groups (broad SMARTS) is 1. The summed E-state index contributed by atoms with van der Waals surface area (Å²) >= 11 is 0. The van der Waals surface area contributed by atoms with Crippen molar-refractivity contribution in [1.82, 2.24) is 4.98 Å². The predicted molar refractivity (Wildman–Crippen MR) is 75.5 cm³/mol. The highest BCUT2D eigenvalue weighted by Gasteiger charge is 2.45. The van der Waals surface area contributed by atoms with Crippen LogP contribution in [0, 0.1) is 5.41 Å². The Morgan fingerprint density at radius 1 is 1.30 bits per heavy atom. The van der Waals surface area contributed by atoms with Gasteiger partial charge in [-0.05, 0) is 37.1 Å². The van der Waals surface area contributed by atoms with Gasteiger partial charge in [0, 0.05) is 29.2 Å². The number of hydrogen-bond acceptors (Lipinski definition) is 2. The van der Waals surface area contributed by atoms with Crippen molar-refractivity contribution in [3.05, 3.63) is 30.5 Å². The molecule has 2 aromatic rings. The van der Waals surface area contributed by atoms with Gasteiger partial charge in [-0.15, -0.1) is 0 Å². The largest absolute Gasteiger partial charge is 0.481 e. The average Bonchev–Trinajstić information content (AvgIpc) is 2.80. The minimum Gasteiger partial charge on any atom is -0.481 e. The van der Waals surface area contributed by atoms with Crippen molar-refractivity contribution in [2.24, 2.45) is 5.41 Å². The van der Waals surface area contributed by atoms with E-state index < -0.39 is 11.4 Å². The van der Waals surface area contributed by atoms with Crippen molar-refractivity contribution >= 4 is 28.5 Å². The molecule has 1 aromatic carbocycles. The topological polar surface area (TPSA) is 82.2 Å². The maximum atomic E-state index is 12.0. The molecule has 5 nitrogen and oxygen atoms in total. The normalized spacial score (nSPS) is 16.6. The number of carbonyl (C=O) groups excluding carboxylic acids is 1. The van der Waals surface area contributed by atoms with Gasteiger partial charge in [0.05, 0.1) is 5.41 Å². The molecule has 104 valence electrons. The molecule has 0 radical (unpaired) electrons. The number of benzene rings is 1. The minimum atomic E-state index is -0.861. The van der Waals surface area contributed by atoms with E-state index in [-0.39, 0.29) is 12.3 Å². The SMILES string of the molecule is O=C(CC1(C(=O)O)CCC1)Nc1ccc2[nH]ccc2c1. The van der Waals surface area contributed by atoms with Crippen LogP contribution in [0.1, 0.15) is 25.7 Å². The molecular weight excluding hydrogens is 256 g/mol. The molecule has 5 heteroatoms. The number of rotatable bonds is 4. The first-order chi connectivity index (χ1) is 9.59. The van der Waals surface area contributed by atoms with Gasteiger partial charge in [-0.2, -0.15) is 0 Å². The lowest BCUT2D eigenvalue weighted by Gasteiger charge is -2.36. The number of fused-ring (bicyclic) bond motifs is 1. The Morgan fingerprint density at radius 3 is 2.75 bits per heavy atom. The van der Waals surface area contributed by atoms with Gasteiger partial charge in [0.25, 0.3) is 0 Å². The summed E-state index contributed by atoms with van der Waals surface area (Å²) in [5.41, 5.74) is 0.855. The lowest BCUT2D eigenvalue weighted by molar-refractivity contribution is -0.157. The molecule has 3 N–H and O–H groups in total. The van der Waals surface area contributed by atoms with Crippen molar-refractivity contribution in [2.45, 2.75) is 25.7 Å². The van der Waals surface area contributed by atoms with Crippen molar-refractivity contribution < 1.29 is 14.7 Å². The summed E-state index contributed by atoms with van der Waals surface area (Å²) in [4.78, 5) is 26.3. The van der Waals surface area contributed by atoms with Crippen LogP contribution in [0.2, 0.25) is 0 Å². The van der Waals surface area contributed by atoms with Crippen LogP contribution in [0.5, 0.6) is 0 Å². The molecule has 0 unspecified atom stereocenters. The van der Waals surface area contributed by atoms with Gasteiger partial charge in [-0.1, -0.05) is 6.42 Å². The number of carboxylic acids is 1. The van der Waals surface area contributed by atoms with E-state index in [0.29, 0.717) is 18.5 Å². The van der Waals surface area contributed by atoms with E-state index in [1.54, 1.807) is 0 Å². The second-order valence-corrected chi connectivity index (χ2v) is 5.44. The zero-order valence-electron chi connectivity index (χ0n) is 11.0. The summed E-state index contributed by atoms with van der Waals surface area (Å²) in [7, 11) is 0. The number of anilines is 1. The molecule has 0 atom stereocenters. The Bertz CT molecular complexity index is 671. The average molecular weight is 272 g/mol. The predicted octanol–water partition coefficient (Wildman–Crippen LogP) is 2.75. The van der Waals surface area contributed by atoms with E-state index in [1.165, 1.54) is 0 Å². The molecule has 1 saturated carbocycles. The molecule has 1 fully saturated rings. The van der Waals surface area contributed by atoms with Crippen LogP contribution in [-0.4, -0.2) is 22.0 Å². The molecule has 0 saturated heterocycles. The van der Waals surface area contributed by atoms with E-state index in [4.69, 9.17) is 0 Å². The van der Waals surface area contributed by atoms with E-state index in [1.807, 2.05) is 30.5 Å². The molecular formula is C15H16N2O3. The lowest BCUT2D eigenvalue weighted by Crippen LogP contribution is -2.41. The molecule has 1 heterocycles. The van der Waals surface area contributed by atoms with Crippen LogP contribution in [0.25, 0.3) is 10.9 Å². The molecule has 1 aliphatic carbocycles. The van der Waals surface area contributed by atoms with Gasteiger partial charge >= 0.3 is 5.97 Å².